The van der Waals surface area contributed by atoms with Crippen molar-refractivity contribution in [3.05, 3.63) is 40.2 Å². The van der Waals surface area contributed by atoms with Gasteiger partial charge < -0.3 is 9.73 Å². The van der Waals surface area contributed by atoms with E-state index in [-0.39, 0.29) is 24.4 Å². The number of aromatic nitrogens is 2. The topological polar surface area (TPSA) is 80.0 Å². The lowest BCUT2D eigenvalue weighted by Gasteiger charge is -2.03. The molecule has 1 fully saturated rings. The van der Waals surface area contributed by atoms with E-state index in [9.17, 15) is 4.79 Å². The minimum atomic E-state index is -0.178. The van der Waals surface area contributed by atoms with E-state index in [1.165, 1.54) is 0 Å². The van der Waals surface area contributed by atoms with Crippen molar-refractivity contribution in [3.8, 4) is 0 Å². The molecule has 0 bridgehead atoms. The summed E-state index contributed by atoms with van der Waals surface area (Å²) in [5.74, 6) is 0.355. The van der Waals surface area contributed by atoms with Gasteiger partial charge in [0.25, 0.3) is 0 Å². The molecule has 0 spiro atoms. The van der Waals surface area contributed by atoms with Crippen molar-refractivity contribution in [2.24, 2.45) is 0 Å². The molecule has 1 amide bonds. The molecule has 0 saturated carbocycles. The highest BCUT2D eigenvalue weighted by molar-refractivity contribution is 9.10. The molecule has 2 N–H and O–H groups in total. The summed E-state index contributed by atoms with van der Waals surface area (Å²) in [6.07, 6.45) is 2.34. The molecule has 21 heavy (non-hydrogen) atoms. The zero-order valence-corrected chi connectivity index (χ0v) is 12.9. The maximum Gasteiger partial charge on any atom is 0.322 e. The number of anilines is 1. The van der Waals surface area contributed by atoms with Gasteiger partial charge >= 0.3 is 6.01 Å². The van der Waals surface area contributed by atoms with Crippen LogP contribution in [-0.4, -0.2) is 22.6 Å². The first-order valence-electron chi connectivity index (χ1n) is 6.82. The monoisotopic (exact) mass is 350 g/mol. The van der Waals surface area contributed by atoms with Crippen LogP contribution in [0.25, 0.3) is 0 Å². The number of carbonyl (C=O) groups is 1. The molecular weight excluding hydrogens is 336 g/mol. The number of hydrogen-bond donors (Lipinski definition) is 2. The Kier molecular flexibility index (Phi) is 4.31. The molecule has 1 aliphatic heterocycles. The molecule has 1 unspecified atom stereocenters. The van der Waals surface area contributed by atoms with Crippen LogP contribution in [0.1, 0.15) is 30.3 Å². The fraction of sp³-hybridized carbons (Fsp3) is 0.357. The van der Waals surface area contributed by atoms with Gasteiger partial charge in [0.05, 0.1) is 12.5 Å². The number of rotatable bonds is 4. The Bertz CT molecular complexity index is 637. The molecule has 3 rings (SSSR count). The van der Waals surface area contributed by atoms with Crippen molar-refractivity contribution in [2.45, 2.75) is 25.3 Å². The normalized spacial score (nSPS) is 17.9. The van der Waals surface area contributed by atoms with Crippen LogP contribution in [0.15, 0.2) is 33.2 Å². The molecule has 6 nitrogen and oxygen atoms in total. The van der Waals surface area contributed by atoms with Gasteiger partial charge in [0.1, 0.15) is 0 Å². The highest BCUT2D eigenvalue weighted by Crippen LogP contribution is 2.22. The molecule has 1 atom stereocenters. The third kappa shape index (κ3) is 3.68. The molecule has 2 aromatic rings. The standard InChI is InChI=1S/C14H15BrN4O2/c15-10-4-1-3-9(7-10)8-12(20)17-14-19-18-13(21-14)11-5-2-6-16-11/h1,3-4,7,11,16H,2,5-6,8H2,(H,17,19,20). The molecule has 1 aromatic heterocycles. The number of nitrogens with zero attached hydrogens (tertiary/aromatic N) is 2. The van der Waals surface area contributed by atoms with Gasteiger partial charge in [-0.2, -0.15) is 0 Å². The van der Waals surface area contributed by atoms with Crippen molar-refractivity contribution in [2.75, 3.05) is 11.9 Å². The van der Waals surface area contributed by atoms with Crippen LogP contribution in [0.5, 0.6) is 0 Å². The molecule has 0 aliphatic carbocycles. The van der Waals surface area contributed by atoms with Crippen molar-refractivity contribution in [1.29, 1.82) is 0 Å². The van der Waals surface area contributed by atoms with E-state index >= 15 is 0 Å². The Morgan fingerprint density at radius 3 is 3.14 bits per heavy atom. The van der Waals surface area contributed by atoms with E-state index in [1.54, 1.807) is 0 Å². The zero-order chi connectivity index (χ0) is 14.7. The Morgan fingerprint density at radius 2 is 2.38 bits per heavy atom. The quantitative estimate of drug-likeness (QED) is 0.885. The summed E-state index contributed by atoms with van der Waals surface area (Å²) in [5.41, 5.74) is 0.916. The first-order chi connectivity index (χ1) is 10.2. The maximum atomic E-state index is 12.0. The number of hydrogen-bond acceptors (Lipinski definition) is 5. The summed E-state index contributed by atoms with van der Waals surface area (Å²) >= 11 is 3.38. The molecule has 110 valence electrons. The smallest absolute Gasteiger partial charge is 0.322 e. The van der Waals surface area contributed by atoms with Gasteiger partial charge in [0.15, 0.2) is 0 Å². The number of carbonyl (C=O) groups excluding carboxylic acids is 1. The van der Waals surface area contributed by atoms with Gasteiger partial charge in [0.2, 0.25) is 11.8 Å². The van der Waals surface area contributed by atoms with Crippen LogP contribution >= 0.6 is 15.9 Å². The minimum Gasteiger partial charge on any atom is -0.406 e. The Morgan fingerprint density at radius 1 is 1.48 bits per heavy atom. The maximum absolute atomic E-state index is 12.0. The third-order valence-electron chi connectivity index (χ3n) is 3.30. The highest BCUT2D eigenvalue weighted by Gasteiger charge is 2.22. The van der Waals surface area contributed by atoms with Gasteiger partial charge in [-0.05, 0) is 37.1 Å². The first kappa shape index (κ1) is 14.2. The lowest BCUT2D eigenvalue weighted by molar-refractivity contribution is -0.115. The van der Waals surface area contributed by atoms with Gasteiger partial charge in [-0.25, -0.2) is 0 Å². The largest absolute Gasteiger partial charge is 0.406 e. The molecule has 0 radical (unpaired) electrons. The van der Waals surface area contributed by atoms with E-state index < -0.39 is 0 Å². The summed E-state index contributed by atoms with van der Waals surface area (Å²) in [5, 5.41) is 13.7. The van der Waals surface area contributed by atoms with E-state index in [4.69, 9.17) is 4.42 Å². The van der Waals surface area contributed by atoms with Crippen LogP contribution in [0.2, 0.25) is 0 Å². The predicted octanol–water partition coefficient (Wildman–Crippen LogP) is 2.44. The summed E-state index contributed by atoms with van der Waals surface area (Å²) in [6.45, 7) is 0.956. The minimum absolute atomic E-state index is 0.105. The van der Waals surface area contributed by atoms with E-state index in [0.29, 0.717) is 5.89 Å². The molecule has 7 heteroatoms. The summed E-state index contributed by atoms with van der Waals surface area (Å²) in [6, 6.07) is 7.86. The second-order valence-corrected chi connectivity index (χ2v) is 5.86. The Labute approximate surface area is 130 Å². The van der Waals surface area contributed by atoms with Crippen molar-refractivity contribution in [1.82, 2.24) is 15.5 Å². The van der Waals surface area contributed by atoms with Gasteiger partial charge in [-0.15, -0.1) is 5.10 Å². The first-order valence-corrected chi connectivity index (χ1v) is 7.61. The number of nitrogens with one attached hydrogen (secondary N) is 2. The van der Waals surface area contributed by atoms with E-state index in [1.807, 2.05) is 24.3 Å². The summed E-state index contributed by atoms with van der Waals surface area (Å²) < 4.78 is 6.42. The average Bonchev–Trinajstić information content (AvgIpc) is 3.08. The second kappa shape index (κ2) is 6.36. The average molecular weight is 351 g/mol. The Balaban J connectivity index is 1.59. The molecule has 1 saturated heterocycles. The van der Waals surface area contributed by atoms with Crippen LogP contribution in [0.3, 0.4) is 0 Å². The number of benzene rings is 1. The number of halogens is 1. The molecule has 1 aromatic carbocycles. The van der Waals surface area contributed by atoms with Crippen molar-refractivity contribution in [3.63, 3.8) is 0 Å². The summed E-state index contributed by atoms with van der Waals surface area (Å²) in [4.78, 5) is 12.0. The second-order valence-electron chi connectivity index (χ2n) is 4.95. The Hall–Kier alpha value is -1.73. The van der Waals surface area contributed by atoms with Crippen LogP contribution in [0.4, 0.5) is 6.01 Å². The predicted molar refractivity (Wildman–Crippen MR) is 80.8 cm³/mol. The molecule has 1 aliphatic rings. The van der Waals surface area contributed by atoms with Gasteiger partial charge in [-0.1, -0.05) is 33.2 Å². The fourth-order valence-corrected chi connectivity index (χ4v) is 2.76. The third-order valence-corrected chi connectivity index (χ3v) is 3.79. The fourth-order valence-electron chi connectivity index (χ4n) is 2.32. The number of amides is 1. The molecular formula is C14H15BrN4O2. The lowest BCUT2D eigenvalue weighted by Crippen LogP contribution is -2.14. The summed E-state index contributed by atoms with van der Waals surface area (Å²) in [7, 11) is 0. The van der Waals surface area contributed by atoms with E-state index in [0.717, 1.165) is 29.4 Å². The van der Waals surface area contributed by atoms with Crippen LogP contribution in [-0.2, 0) is 11.2 Å². The highest BCUT2D eigenvalue weighted by atomic mass is 79.9. The van der Waals surface area contributed by atoms with E-state index in [2.05, 4.69) is 36.8 Å². The molecule has 2 heterocycles. The van der Waals surface area contributed by atoms with Crippen molar-refractivity contribution >= 4 is 27.9 Å². The lowest BCUT2D eigenvalue weighted by atomic mass is 10.1. The SMILES string of the molecule is O=C(Cc1cccc(Br)c1)Nc1nnc(C2CCCN2)o1. The zero-order valence-electron chi connectivity index (χ0n) is 11.3. The van der Waals surface area contributed by atoms with Crippen LogP contribution in [0, 0.1) is 0 Å². The van der Waals surface area contributed by atoms with Gasteiger partial charge in [0, 0.05) is 4.47 Å². The van der Waals surface area contributed by atoms with Gasteiger partial charge in [-0.3, -0.25) is 10.1 Å². The van der Waals surface area contributed by atoms with Crippen LogP contribution < -0.4 is 10.6 Å². The van der Waals surface area contributed by atoms with Crippen molar-refractivity contribution < 1.29 is 9.21 Å².